The normalized spacial score (nSPS) is 10.5. The van der Waals surface area contributed by atoms with E-state index >= 15 is 0 Å². The lowest BCUT2D eigenvalue weighted by Gasteiger charge is -1.98. The zero-order chi connectivity index (χ0) is 14.5. The summed E-state index contributed by atoms with van der Waals surface area (Å²) in [6, 6.07) is 0. The van der Waals surface area contributed by atoms with Crippen LogP contribution in [-0.4, -0.2) is 41.2 Å². The second kappa shape index (κ2) is 12.5. The van der Waals surface area contributed by atoms with Crippen LogP contribution in [0.3, 0.4) is 0 Å². The predicted octanol–water partition coefficient (Wildman–Crippen LogP) is -0.439. The van der Waals surface area contributed by atoms with E-state index in [2.05, 4.69) is 9.05 Å². The highest BCUT2D eigenvalue weighted by atomic mass is 32.1. The first-order valence-electron chi connectivity index (χ1n) is 3.86. The standard InChI is InChI=1S/2C2H7O4P.O2S/c2*1-2-6-7(3,4)5;1-3-2/h2*2H2,1H3,(H2,3,4,5);. The Hall–Kier alpha value is 0.0400. The summed E-state index contributed by atoms with van der Waals surface area (Å²) in [5, 5.41) is 0. The average Bonchev–Trinajstić information content (AvgIpc) is 2.01. The SMILES string of the molecule is CCOP(=O)(O)O.CCOP(=O)(O)O.O=S=O. The van der Waals surface area contributed by atoms with Crippen molar-refractivity contribution in [3.8, 4) is 0 Å². The van der Waals surface area contributed by atoms with Gasteiger partial charge >= 0.3 is 27.2 Å². The molecule has 0 aliphatic carbocycles. The molecule has 4 N–H and O–H groups in total. The molecule has 0 aliphatic heterocycles. The largest absolute Gasteiger partial charge is 0.469 e. The van der Waals surface area contributed by atoms with Crippen molar-refractivity contribution in [1.82, 2.24) is 0 Å². The zero-order valence-electron chi connectivity index (χ0n) is 8.96. The van der Waals surface area contributed by atoms with Gasteiger partial charge < -0.3 is 19.6 Å². The molecule has 0 bridgehead atoms. The van der Waals surface area contributed by atoms with Crippen LogP contribution in [0.25, 0.3) is 0 Å². The topological polar surface area (TPSA) is 168 Å². The summed E-state index contributed by atoms with van der Waals surface area (Å²) in [7, 11) is -8.33. The molecule has 0 radical (unpaired) electrons. The second-order valence-electron chi connectivity index (χ2n) is 1.88. The van der Waals surface area contributed by atoms with E-state index in [1.807, 2.05) is 0 Å². The highest BCUT2D eigenvalue weighted by molar-refractivity contribution is 7.51. The van der Waals surface area contributed by atoms with Crippen LogP contribution in [0, 0.1) is 0 Å². The van der Waals surface area contributed by atoms with E-state index in [0.29, 0.717) is 0 Å². The minimum Gasteiger partial charge on any atom is -0.303 e. The molecule has 0 atom stereocenters. The fourth-order valence-corrected chi connectivity index (χ4v) is 1.01. The zero-order valence-corrected chi connectivity index (χ0v) is 11.6. The smallest absolute Gasteiger partial charge is 0.303 e. The summed E-state index contributed by atoms with van der Waals surface area (Å²) in [5.41, 5.74) is 0. The average molecular weight is 316 g/mol. The third-order valence-electron chi connectivity index (χ3n) is 0.595. The molecular weight excluding hydrogens is 302 g/mol. The summed E-state index contributed by atoms with van der Waals surface area (Å²) in [6.45, 7) is 3.12. The molecule has 17 heavy (non-hydrogen) atoms. The maximum absolute atomic E-state index is 9.70. The maximum atomic E-state index is 9.70. The molecule has 0 spiro atoms. The maximum Gasteiger partial charge on any atom is 0.469 e. The summed E-state index contributed by atoms with van der Waals surface area (Å²) in [4.78, 5) is 31.6. The molecule has 106 valence electrons. The monoisotopic (exact) mass is 316 g/mol. The van der Waals surface area contributed by atoms with Gasteiger partial charge in [-0.05, 0) is 13.8 Å². The van der Waals surface area contributed by atoms with Crippen LogP contribution in [0.1, 0.15) is 13.8 Å². The molecule has 0 saturated heterocycles. The molecule has 0 rings (SSSR count). The van der Waals surface area contributed by atoms with Crippen LogP contribution in [0.15, 0.2) is 0 Å². The third-order valence-corrected chi connectivity index (χ3v) is 1.78. The van der Waals surface area contributed by atoms with Crippen molar-refractivity contribution in [3.63, 3.8) is 0 Å². The highest BCUT2D eigenvalue weighted by Crippen LogP contribution is 2.35. The van der Waals surface area contributed by atoms with E-state index in [9.17, 15) is 9.13 Å². The van der Waals surface area contributed by atoms with Crippen molar-refractivity contribution in [2.75, 3.05) is 13.2 Å². The number of phosphoric ester groups is 2. The van der Waals surface area contributed by atoms with Crippen LogP contribution in [0.4, 0.5) is 0 Å². The Balaban J connectivity index is -0.000000188. The highest BCUT2D eigenvalue weighted by Gasteiger charge is 2.10. The van der Waals surface area contributed by atoms with Gasteiger partial charge in [0.25, 0.3) is 0 Å². The van der Waals surface area contributed by atoms with Gasteiger partial charge in [0.1, 0.15) is 0 Å². The Morgan fingerprint density at radius 3 is 1.06 bits per heavy atom. The first-order chi connectivity index (χ1) is 7.54. The summed E-state index contributed by atoms with van der Waals surface area (Å²) >= 11 is -0.750. The lowest BCUT2D eigenvalue weighted by molar-refractivity contribution is 0.204. The van der Waals surface area contributed by atoms with Crippen molar-refractivity contribution in [2.24, 2.45) is 0 Å². The first kappa shape index (κ1) is 22.2. The van der Waals surface area contributed by atoms with Gasteiger partial charge in [-0.2, -0.15) is 8.42 Å². The van der Waals surface area contributed by atoms with Crippen LogP contribution in [0.5, 0.6) is 0 Å². The van der Waals surface area contributed by atoms with Gasteiger partial charge in [-0.15, -0.1) is 0 Å². The fourth-order valence-electron chi connectivity index (χ4n) is 0.336. The minimum atomic E-state index is -4.17. The molecule has 0 aromatic carbocycles. The predicted molar refractivity (Wildman–Crippen MR) is 56.3 cm³/mol. The quantitative estimate of drug-likeness (QED) is 0.499. The van der Waals surface area contributed by atoms with Crippen LogP contribution < -0.4 is 0 Å². The van der Waals surface area contributed by atoms with Crippen molar-refractivity contribution < 1.29 is 46.2 Å². The van der Waals surface area contributed by atoms with E-state index in [0.717, 1.165) is 0 Å². The van der Waals surface area contributed by atoms with E-state index < -0.39 is 27.2 Å². The van der Waals surface area contributed by atoms with E-state index in [1.165, 1.54) is 13.8 Å². The van der Waals surface area contributed by atoms with Gasteiger partial charge in [0.05, 0.1) is 13.2 Å². The van der Waals surface area contributed by atoms with Crippen molar-refractivity contribution >= 4 is 27.2 Å². The van der Waals surface area contributed by atoms with Gasteiger partial charge in [-0.3, -0.25) is 9.05 Å². The van der Waals surface area contributed by atoms with Gasteiger partial charge in [-0.25, -0.2) is 9.13 Å². The lowest BCUT2D eigenvalue weighted by atomic mass is 10.9. The molecule has 0 aliphatic rings. The van der Waals surface area contributed by atoms with Gasteiger partial charge in [0.15, 0.2) is 0 Å². The second-order valence-corrected chi connectivity index (χ2v) is 4.50. The molecule has 13 heteroatoms. The molecule has 10 nitrogen and oxygen atoms in total. The van der Waals surface area contributed by atoms with E-state index in [-0.39, 0.29) is 13.2 Å². The van der Waals surface area contributed by atoms with E-state index in [1.54, 1.807) is 0 Å². The fraction of sp³-hybridized carbons (Fsp3) is 1.00. The molecule has 0 aromatic heterocycles. The summed E-state index contributed by atoms with van der Waals surface area (Å²) in [5.74, 6) is 0. The number of hydrogen-bond donors (Lipinski definition) is 4. The van der Waals surface area contributed by atoms with Gasteiger partial charge in [-0.1, -0.05) is 0 Å². The Kier molecular flexibility index (Phi) is 16.3. The molecule has 0 fully saturated rings. The Labute approximate surface area is 101 Å². The Morgan fingerprint density at radius 2 is 1.06 bits per heavy atom. The van der Waals surface area contributed by atoms with Crippen LogP contribution in [-0.2, 0) is 29.7 Å². The van der Waals surface area contributed by atoms with Gasteiger partial charge in [0, 0.05) is 0 Å². The number of hydrogen-bond acceptors (Lipinski definition) is 6. The van der Waals surface area contributed by atoms with Crippen LogP contribution >= 0.6 is 15.6 Å². The molecule has 0 heterocycles. The summed E-state index contributed by atoms with van der Waals surface area (Å²) in [6.07, 6.45) is 0. The number of rotatable bonds is 4. The minimum absolute atomic E-state index is 0.0459. The Morgan fingerprint density at radius 1 is 0.882 bits per heavy atom. The molecular formula is C4H14O10P2S. The van der Waals surface area contributed by atoms with E-state index in [4.69, 9.17) is 28.0 Å². The number of phosphoric acid groups is 2. The van der Waals surface area contributed by atoms with Crippen molar-refractivity contribution in [2.45, 2.75) is 13.8 Å². The molecule has 0 unspecified atom stereocenters. The van der Waals surface area contributed by atoms with Gasteiger partial charge in [0.2, 0.25) is 0 Å². The van der Waals surface area contributed by atoms with Crippen molar-refractivity contribution in [1.29, 1.82) is 0 Å². The molecule has 0 aromatic rings. The first-order valence-corrected chi connectivity index (χ1v) is 7.58. The molecule has 0 amide bonds. The Bertz CT molecular complexity index is 263. The third kappa shape index (κ3) is 48.9. The lowest BCUT2D eigenvalue weighted by Crippen LogP contribution is -1.84. The molecule has 0 saturated carbocycles. The summed E-state index contributed by atoms with van der Waals surface area (Å²) < 4.78 is 43.8. The van der Waals surface area contributed by atoms with Crippen molar-refractivity contribution in [3.05, 3.63) is 0 Å². The van der Waals surface area contributed by atoms with Crippen LogP contribution in [0.2, 0.25) is 0 Å².